The van der Waals surface area contributed by atoms with Crippen molar-refractivity contribution in [3.8, 4) is 0 Å². The van der Waals surface area contributed by atoms with Crippen LogP contribution in [0.1, 0.15) is 43.8 Å². The van der Waals surface area contributed by atoms with E-state index in [-0.39, 0.29) is 11.8 Å². The monoisotopic (exact) mass is 418 g/mol. The number of carbonyl (C=O) groups is 2. The minimum Gasteiger partial charge on any atom is -0.322 e. The van der Waals surface area contributed by atoms with Gasteiger partial charge in [-0.3, -0.25) is 9.59 Å². The Morgan fingerprint density at radius 2 is 1.80 bits per heavy atom. The first kappa shape index (κ1) is 20.2. The van der Waals surface area contributed by atoms with Gasteiger partial charge in [0.25, 0.3) is 11.8 Å². The lowest BCUT2D eigenvalue weighted by Crippen LogP contribution is -2.35. The smallest absolute Gasteiger partial charge is 0.258 e. The molecular weight excluding hydrogens is 396 g/mol. The minimum atomic E-state index is -0.195. The highest BCUT2D eigenvalue weighted by molar-refractivity contribution is 6.31. The fourth-order valence-electron chi connectivity index (χ4n) is 3.76. The zero-order valence-corrected chi connectivity index (χ0v) is 17.8. The maximum absolute atomic E-state index is 13.1. The molecule has 1 aliphatic rings. The van der Waals surface area contributed by atoms with Crippen molar-refractivity contribution in [3.05, 3.63) is 93.5 Å². The normalized spacial score (nSPS) is 13.0. The predicted octanol–water partition coefficient (Wildman–Crippen LogP) is 5.80. The molecule has 152 valence electrons. The van der Waals surface area contributed by atoms with Crippen LogP contribution in [0.5, 0.6) is 0 Å². The van der Waals surface area contributed by atoms with E-state index in [2.05, 4.69) is 5.32 Å². The standard InChI is InChI=1S/C25H23ClN2O2/c1-16-5-3-6-20(13-16)25(30)28-12-4-7-18-14-19(9-11-23(18)28)24(29)27-21-10-8-17(2)22(26)15-21/h3,5-6,8-11,13-15H,4,7,12H2,1-2H3,(H,27,29). The summed E-state index contributed by atoms with van der Waals surface area (Å²) >= 11 is 6.16. The van der Waals surface area contributed by atoms with E-state index in [1.54, 1.807) is 12.1 Å². The fraction of sp³-hybridized carbons (Fsp3) is 0.200. The summed E-state index contributed by atoms with van der Waals surface area (Å²) < 4.78 is 0. The number of rotatable bonds is 3. The number of halogens is 1. The number of nitrogens with zero attached hydrogens (tertiary/aromatic N) is 1. The van der Waals surface area contributed by atoms with Gasteiger partial charge >= 0.3 is 0 Å². The van der Waals surface area contributed by atoms with Gasteiger partial charge in [-0.1, -0.05) is 35.4 Å². The van der Waals surface area contributed by atoms with Crippen LogP contribution in [0.3, 0.4) is 0 Å². The third-order valence-corrected chi connectivity index (χ3v) is 5.81. The summed E-state index contributed by atoms with van der Waals surface area (Å²) in [7, 11) is 0. The average Bonchev–Trinajstić information content (AvgIpc) is 2.75. The maximum Gasteiger partial charge on any atom is 0.258 e. The first-order valence-corrected chi connectivity index (χ1v) is 10.4. The lowest BCUT2D eigenvalue weighted by molar-refractivity contribution is 0.0984. The van der Waals surface area contributed by atoms with Crippen molar-refractivity contribution in [2.45, 2.75) is 26.7 Å². The second-order valence-electron chi connectivity index (χ2n) is 7.69. The Bertz CT molecular complexity index is 1140. The van der Waals surface area contributed by atoms with Gasteiger partial charge in [0.15, 0.2) is 0 Å². The number of amides is 2. The van der Waals surface area contributed by atoms with Gasteiger partial charge in [-0.2, -0.15) is 0 Å². The van der Waals surface area contributed by atoms with Gasteiger partial charge in [-0.05, 0) is 80.3 Å². The van der Waals surface area contributed by atoms with Crippen molar-refractivity contribution < 1.29 is 9.59 Å². The summed E-state index contributed by atoms with van der Waals surface area (Å²) in [6, 6.07) is 18.6. The van der Waals surface area contributed by atoms with Gasteiger partial charge in [0.2, 0.25) is 0 Å². The summed E-state index contributed by atoms with van der Waals surface area (Å²) in [5.74, 6) is -0.203. The Morgan fingerprint density at radius 3 is 2.57 bits per heavy atom. The molecule has 4 rings (SSSR count). The Hall–Kier alpha value is -3.11. The molecule has 3 aromatic rings. The number of hydrogen-bond acceptors (Lipinski definition) is 2. The SMILES string of the molecule is Cc1cccc(C(=O)N2CCCc3cc(C(=O)Nc4ccc(C)c(Cl)c4)ccc32)c1. The van der Waals surface area contributed by atoms with Gasteiger partial charge < -0.3 is 10.2 Å². The van der Waals surface area contributed by atoms with Gasteiger partial charge in [-0.15, -0.1) is 0 Å². The highest BCUT2D eigenvalue weighted by Gasteiger charge is 2.24. The molecule has 0 fully saturated rings. The van der Waals surface area contributed by atoms with Crippen LogP contribution in [0, 0.1) is 13.8 Å². The molecular formula is C25H23ClN2O2. The fourth-order valence-corrected chi connectivity index (χ4v) is 3.94. The summed E-state index contributed by atoms with van der Waals surface area (Å²) in [6.07, 6.45) is 1.70. The number of aryl methyl sites for hydroxylation is 3. The average molecular weight is 419 g/mol. The number of anilines is 2. The first-order chi connectivity index (χ1) is 14.4. The van der Waals surface area contributed by atoms with E-state index in [1.165, 1.54) is 0 Å². The summed E-state index contributed by atoms with van der Waals surface area (Å²) in [5.41, 5.74) is 5.81. The van der Waals surface area contributed by atoms with Crippen LogP contribution in [0.2, 0.25) is 5.02 Å². The maximum atomic E-state index is 13.1. The molecule has 1 aliphatic heterocycles. The first-order valence-electron chi connectivity index (χ1n) is 10.0. The van der Waals surface area contributed by atoms with Crippen molar-refractivity contribution in [2.75, 3.05) is 16.8 Å². The lowest BCUT2D eigenvalue weighted by Gasteiger charge is -2.30. The van der Waals surface area contributed by atoms with E-state index in [9.17, 15) is 9.59 Å². The molecule has 0 aliphatic carbocycles. The van der Waals surface area contributed by atoms with E-state index in [0.29, 0.717) is 28.4 Å². The number of hydrogen-bond donors (Lipinski definition) is 1. The van der Waals surface area contributed by atoms with Crippen LogP contribution in [0.25, 0.3) is 0 Å². The summed E-state index contributed by atoms with van der Waals surface area (Å²) in [5, 5.41) is 3.51. The molecule has 1 heterocycles. The van der Waals surface area contributed by atoms with Crippen molar-refractivity contribution >= 4 is 34.8 Å². The number of nitrogens with one attached hydrogen (secondary N) is 1. The third-order valence-electron chi connectivity index (χ3n) is 5.40. The summed E-state index contributed by atoms with van der Waals surface area (Å²) in [4.78, 5) is 27.6. The minimum absolute atomic E-state index is 0.00820. The molecule has 0 saturated carbocycles. The Balaban J connectivity index is 1.57. The van der Waals surface area contributed by atoms with Crippen molar-refractivity contribution in [1.82, 2.24) is 0 Å². The molecule has 5 heteroatoms. The van der Waals surface area contributed by atoms with E-state index in [4.69, 9.17) is 11.6 Å². The van der Waals surface area contributed by atoms with Crippen LogP contribution in [-0.2, 0) is 6.42 Å². The molecule has 0 spiro atoms. The molecule has 0 radical (unpaired) electrons. The topological polar surface area (TPSA) is 49.4 Å². The Kier molecular flexibility index (Phi) is 5.60. The molecule has 30 heavy (non-hydrogen) atoms. The predicted molar refractivity (Wildman–Crippen MR) is 122 cm³/mol. The molecule has 0 saturated heterocycles. The molecule has 0 bridgehead atoms. The van der Waals surface area contributed by atoms with Gasteiger partial charge in [0.1, 0.15) is 0 Å². The largest absolute Gasteiger partial charge is 0.322 e. The highest BCUT2D eigenvalue weighted by atomic mass is 35.5. The lowest BCUT2D eigenvalue weighted by atomic mass is 9.98. The number of benzene rings is 3. The zero-order valence-electron chi connectivity index (χ0n) is 17.0. The van der Waals surface area contributed by atoms with E-state index in [1.807, 2.05) is 67.3 Å². The second-order valence-corrected chi connectivity index (χ2v) is 8.10. The van der Waals surface area contributed by atoms with Crippen molar-refractivity contribution in [3.63, 3.8) is 0 Å². The molecule has 3 aromatic carbocycles. The van der Waals surface area contributed by atoms with E-state index < -0.39 is 0 Å². The molecule has 2 amide bonds. The molecule has 0 unspecified atom stereocenters. The molecule has 4 nitrogen and oxygen atoms in total. The van der Waals surface area contributed by atoms with Crippen LogP contribution in [-0.4, -0.2) is 18.4 Å². The highest BCUT2D eigenvalue weighted by Crippen LogP contribution is 2.30. The Labute approximate surface area is 181 Å². The zero-order chi connectivity index (χ0) is 21.3. The third kappa shape index (κ3) is 4.10. The van der Waals surface area contributed by atoms with Gasteiger partial charge in [-0.25, -0.2) is 0 Å². The molecule has 0 atom stereocenters. The van der Waals surface area contributed by atoms with Gasteiger partial charge in [0, 0.05) is 34.1 Å². The van der Waals surface area contributed by atoms with E-state index >= 15 is 0 Å². The molecule has 0 aromatic heterocycles. The van der Waals surface area contributed by atoms with Crippen LogP contribution >= 0.6 is 11.6 Å². The van der Waals surface area contributed by atoms with Gasteiger partial charge in [0.05, 0.1) is 0 Å². The van der Waals surface area contributed by atoms with Crippen LogP contribution in [0.15, 0.2) is 60.7 Å². The van der Waals surface area contributed by atoms with Crippen LogP contribution in [0.4, 0.5) is 11.4 Å². The van der Waals surface area contributed by atoms with E-state index in [0.717, 1.165) is 35.2 Å². The van der Waals surface area contributed by atoms with Crippen LogP contribution < -0.4 is 10.2 Å². The molecule has 1 N–H and O–H groups in total. The Morgan fingerprint density at radius 1 is 0.967 bits per heavy atom. The van der Waals surface area contributed by atoms with Crippen molar-refractivity contribution in [2.24, 2.45) is 0 Å². The number of fused-ring (bicyclic) bond motifs is 1. The second kappa shape index (κ2) is 8.33. The number of carbonyl (C=O) groups excluding carboxylic acids is 2. The summed E-state index contributed by atoms with van der Waals surface area (Å²) in [6.45, 7) is 4.57. The quantitative estimate of drug-likeness (QED) is 0.584. The van der Waals surface area contributed by atoms with Crippen molar-refractivity contribution in [1.29, 1.82) is 0 Å².